The molecule has 3 rings (SSSR count). The Kier molecular flexibility index (Phi) is 2.94. The van der Waals surface area contributed by atoms with Crippen LogP contribution in [-0.2, 0) is 6.54 Å². The van der Waals surface area contributed by atoms with Crippen LogP contribution in [0, 0.1) is 10.1 Å². The first-order valence-corrected chi connectivity index (χ1v) is 6.11. The van der Waals surface area contributed by atoms with E-state index in [9.17, 15) is 19.7 Å². The molecule has 0 spiro atoms. The molecule has 1 aliphatic rings. The van der Waals surface area contributed by atoms with Gasteiger partial charge in [0.15, 0.2) is 0 Å². The number of nitrogens with zero attached hydrogens (tertiary/aromatic N) is 3. The summed E-state index contributed by atoms with van der Waals surface area (Å²) in [5.41, 5.74) is 0.817. The maximum atomic E-state index is 12.3. The van der Waals surface area contributed by atoms with Gasteiger partial charge in [-0.15, -0.1) is 0 Å². The average Bonchev–Trinajstić information content (AvgIpc) is 2.73. The van der Waals surface area contributed by atoms with Gasteiger partial charge >= 0.3 is 0 Å². The molecule has 2 aromatic rings. The summed E-state index contributed by atoms with van der Waals surface area (Å²) in [6.07, 6.45) is 3.14. The van der Waals surface area contributed by atoms with Gasteiger partial charge in [0.25, 0.3) is 17.5 Å². The molecule has 0 saturated heterocycles. The van der Waals surface area contributed by atoms with Gasteiger partial charge in [-0.25, -0.2) is 0 Å². The lowest BCUT2D eigenvalue weighted by Crippen LogP contribution is -2.29. The van der Waals surface area contributed by atoms with Crippen LogP contribution >= 0.6 is 0 Å². The molecule has 1 aliphatic heterocycles. The normalized spacial score (nSPS) is 13.4. The van der Waals surface area contributed by atoms with Gasteiger partial charge in [0.05, 0.1) is 22.6 Å². The van der Waals surface area contributed by atoms with Gasteiger partial charge in [0.2, 0.25) is 0 Å². The van der Waals surface area contributed by atoms with Crippen molar-refractivity contribution in [3.05, 3.63) is 69.5 Å². The fourth-order valence-corrected chi connectivity index (χ4v) is 2.21. The summed E-state index contributed by atoms with van der Waals surface area (Å²) in [5, 5.41) is 10.8. The summed E-state index contributed by atoms with van der Waals surface area (Å²) < 4.78 is 0. The van der Waals surface area contributed by atoms with Gasteiger partial charge in [0.1, 0.15) is 0 Å². The molecule has 21 heavy (non-hydrogen) atoms. The number of hydrogen-bond donors (Lipinski definition) is 0. The first kappa shape index (κ1) is 12.9. The molecule has 0 saturated carbocycles. The molecule has 0 N–H and O–H groups in total. The number of non-ortho nitro benzene ring substituents is 1. The highest BCUT2D eigenvalue weighted by molar-refractivity contribution is 6.21. The molecule has 0 bridgehead atoms. The number of nitro benzene ring substituents is 1. The highest BCUT2D eigenvalue weighted by atomic mass is 16.6. The second-order valence-electron chi connectivity index (χ2n) is 4.54. The SMILES string of the molecule is O=C1c2ccc([N+](=O)[O-])cc2C(=O)N1Cc1ccncc1. The quantitative estimate of drug-likeness (QED) is 0.486. The average molecular weight is 283 g/mol. The lowest BCUT2D eigenvalue weighted by Gasteiger charge is -2.13. The number of rotatable bonds is 3. The number of amides is 2. The predicted molar refractivity (Wildman–Crippen MR) is 71.5 cm³/mol. The van der Waals surface area contributed by atoms with Crippen molar-refractivity contribution in [2.24, 2.45) is 0 Å². The van der Waals surface area contributed by atoms with Crippen LogP contribution in [0.3, 0.4) is 0 Å². The predicted octanol–water partition coefficient (Wildman–Crippen LogP) is 1.79. The van der Waals surface area contributed by atoms with Crippen LogP contribution in [0.5, 0.6) is 0 Å². The molecule has 104 valence electrons. The van der Waals surface area contributed by atoms with Gasteiger partial charge < -0.3 is 0 Å². The number of hydrogen-bond acceptors (Lipinski definition) is 5. The Labute approximate surface area is 119 Å². The number of benzene rings is 1. The zero-order chi connectivity index (χ0) is 15.0. The van der Waals surface area contributed by atoms with E-state index in [-0.39, 0.29) is 23.4 Å². The van der Waals surface area contributed by atoms with Crippen LogP contribution in [-0.4, -0.2) is 26.6 Å². The van der Waals surface area contributed by atoms with Gasteiger partial charge in [-0.05, 0) is 23.8 Å². The van der Waals surface area contributed by atoms with Gasteiger partial charge in [-0.2, -0.15) is 0 Å². The van der Waals surface area contributed by atoms with E-state index in [4.69, 9.17) is 0 Å². The van der Waals surface area contributed by atoms with E-state index in [1.165, 1.54) is 12.1 Å². The fraction of sp³-hybridized carbons (Fsp3) is 0.0714. The van der Waals surface area contributed by atoms with E-state index < -0.39 is 16.7 Å². The van der Waals surface area contributed by atoms with Gasteiger partial charge in [0, 0.05) is 24.5 Å². The van der Waals surface area contributed by atoms with E-state index in [0.29, 0.717) is 0 Å². The summed E-state index contributed by atoms with van der Waals surface area (Å²) in [6.45, 7) is 0.114. The number of imide groups is 1. The monoisotopic (exact) mass is 283 g/mol. The van der Waals surface area contributed by atoms with Crippen molar-refractivity contribution in [2.75, 3.05) is 0 Å². The molecule has 1 aromatic carbocycles. The Morgan fingerprint density at radius 3 is 2.38 bits per heavy atom. The third kappa shape index (κ3) is 2.14. The standard InChI is InChI=1S/C14H9N3O4/c18-13-11-2-1-10(17(20)21)7-12(11)14(19)16(13)8-9-3-5-15-6-4-9/h1-7H,8H2. The van der Waals surface area contributed by atoms with Gasteiger partial charge in [-0.3, -0.25) is 29.6 Å². The largest absolute Gasteiger partial charge is 0.270 e. The Balaban J connectivity index is 1.95. The van der Waals surface area contributed by atoms with E-state index in [1.54, 1.807) is 24.5 Å². The van der Waals surface area contributed by atoms with Crippen LogP contribution in [0.15, 0.2) is 42.7 Å². The highest BCUT2D eigenvalue weighted by Crippen LogP contribution is 2.27. The minimum atomic E-state index is -0.594. The number of carbonyl (C=O) groups excluding carboxylic acids is 2. The summed E-state index contributed by atoms with van der Waals surface area (Å²) >= 11 is 0. The molecular formula is C14H9N3O4. The van der Waals surface area contributed by atoms with Crippen LogP contribution in [0.2, 0.25) is 0 Å². The van der Waals surface area contributed by atoms with Gasteiger partial charge in [-0.1, -0.05) is 0 Å². The highest BCUT2D eigenvalue weighted by Gasteiger charge is 2.36. The third-order valence-corrected chi connectivity index (χ3v) is 3.26. The van der Waals surface area contributed by atoms with Crippen LogP contribution in [0.4, 0.5) is 5.69 Å². The topological polar surface area (TPSA) is 93.4 Å². The van der Waals surface area contributed by atoms with E-state index in [0.717, 1.165) is 16.5 Å². The Morgan fingerprint density at radius 2 is 1.71 bits per heavy atom. The molecule has 7 heteroatoms. The van der Waals surface area contributed by atoms with Crippen molar-refractivity contribution >= 4 is 17.5 Å². The van der Waals surface area contributed by atoms with E-state index >= 15 is 0 Å². The smallest absolute Gasteiger partial charge is 0.270 e. The maximum absolute atomic E-state index is 12.3. The molecule has 2 amide bonds. The first-order valence-electron chi connectivity index (χ1n) is 6.11. The number of fused-ring (bicyclic) bond motifs is 1. The second-order valence-corrected chi connectivity index (χ2v) is 4.54. The molecule has 0 unspecified atom stereocenters. The summed E-state index contributed by atoms with van der Waals surface area (Å²) in [4.78, 5) is 39.6. The number of nitro groups is 1. The summed E-state index contributed by atoms with van der Waals surface area (Å²) in [7, 11) is 0. The molecule has 0 radical (unpaired) electrons. The summed E-state index contributed by atoms with van der Waals surface area (Å²) in [5.74, 6) is -0.961. The molecule has 0 aliphatic carbocycles. The molecule has 2 heterocycles. The fourth-order valence-electron chi connectivity index (χ4n) is 2.21. The Morgan fingerprint density at radius 1 is 1.05 bits per heavy atom. The number of aromatic nitrogens is 1. The molecule has 0 atom stereocenters. The van der Waals surface area contributed by atoms with Crippen LogP contribution < -0.4 is 0 Å². The lowest BCUT2D eigenvalue weighted by molar-refractivity contribution is -0.384. The minimum absolute atomic E-state index is 0.0725. The van der Waals surface area contributed by atoms with Crippen molar-refractivity contribution in [1.29, 1.82) is 0 Å². The zero-order valence-corrected chi connectivity index (χ0v) is 10.7. The van der Waals surface area contributed by atoms with E-state index in [1.807, 2.05) is 0 Å². The Hall–Kier alpha value is -3.09. The maximum Gasteiger partial charge on any atom is 0.270 e. The number of carbonyl (C=O) groups is 2. The van der Waals surface area contributed by atoms with E-state index in [2.05, 4.69) is 4.98 Å². The lowest BCUT2D eigenvalue weighted by atomic mass is 10.1. The van der Waals surface area contributed by atoms with Crippen molar-refractivity contribution in [2.45, 2.75) is 6.54 Å². The van der Waals surface area contributed by atoms with Crippen molar-refractivity contribution < 1.29 is 14.5 Å². The second kappa shape index (κ2) is 4.78. The first-order chi connectivity index (χ1) is 10.1. The van der Waals surface area contributed by atoms with Crippen LogP contribution in [0.1, 0.15) is 26.3 Å². The molecule has 7 nitrogen and oxygen atoms in total. The van der Waals surface area contributed by atoms with Crippen molar-refractivity contribution in [1.82, 2.24) is 9.88 Å². The Bertz CT molecular complexity index is 758. The zero-order valence-electron chi connectivity index (χ0n) is 10.7. The van der Waals surface area contributed by atoms with Crippen molar-refractivity contribution in [3.63, 3.8) is 0 Å². The molecular weight excluding hydrogens is 274 g/mol. The third-order valence-electron chi connectivity index (χ3n) is 3.26. The minimum Gasteiger partial charge on any atom is -0.270 e. The molecule has 1 aromatic heterocycles. The summed E-state index contributed by atoms with van der Waals surface area (Å²) in [6, 6.07) is 7.08. The number of pyridine rings is 1. The van der Waals surface area contributed by atoms with Crippen molar-refractivity contribution in [3.8, 4) is 0 Å². The molecule has 0 fully saturated rings. The van der Waals surface area contributed by atoms with Crippen LogP contribution in [0.25, 0.3) is 0 Å².